The van der Waals surface area contributed by atoms with E-state index in [0.29, 0.717) is 42.8 Å². The SMILES string of the molecule is CC(=O)NCc1ccc(C(=O)N2CCN(Cc3nc(-c4ccc(C)cc4)no3)CC2)s1. The van der Waals surface area contributed by atoms with Crippen LogP contribution in [0.3, 0.4) is 0 Å². The van der Waals surface area contributed by atoms with Gasteiger partial charge in [-0.05, 0) is 19.1 Å². The normalized spacial score (nSPS) is 14.6. The van der Waals surface area contributed by atoms with Gasteiger partial charge < -0.3 is 14.7 Å². The lowest BCUT2D eigenvalue weighted by Crippen LogP contribution is -2.48. The second-order valence-corrected chi connectivity index (χ2v) is 8.79. The third kappa shape index (κ3) is 5.36. The Balaban J connectivity index is 1.28. The van der Waals surface area contributed by atoms with Gasteiger partial charge in [-0.2, -0.15) is 4.98 Å². The van der Waals surface area contributed by atoms with Gasteiger partial charge in [0.2, 0.25) is 17.6 Å². The average molecular weight is 440 g/mol. The van der Waals surface area contributed by atoms with Crippen molar-refractivity contribution in [2.24, 2.45) is 0 Å². The van der Waals surface area contributed by atoms with Gasteiger partial charge in [-0.25, -0.2) is 0 Å². The molecule has 0 aliphatic carbocycles. The van der Waals surface area contributed by atoms with E-state index in [2.05, 4.69) is 20.4 Å². The monoisotopic (exact) mass is 439 g/mol. The number of aromatic nitrogens is 2. The molecule has 8 nitrogen and oxygen atoms in total. The standard InChI is InChI=1S/C22H25N5O3S/c1-15-3-5-17(6-4-15)21-24-20(30-25-21)14-26-9-11-27(12-10-26)22(29)19-8-7-18(31-19)13-23-16(2)28/h3-8H,9-14H2,1-2H3,(H,23,28). The zero-order valence-electron chi connectivity index (χ0n) is 17.6. The number of thiophene rings is 1. The lowest BCUT2D eigenvalue weighted by Gasteiger charge is -2.33. The second-order valence-electron chi connectivity index (χ2n) is 7.62. The molecule has 9 heteroatoms. The predicted molar refractivity (Wildman–Crippen MR) is 117 cm³/mol. The van der Waals surface area contributed by atoms with Gasteiger partial charge in [0.25, 0.3) is 5.91 Å². The maximum Gasteiger partial charge on any atom is 0.264 e. The van der Waals surface area contributed by atoms with Crippen LogP contribution in [0.2, 0.25) is 0 Å². The highest BCUT2D eigenvalue weighted by molar-refractivity contribution is 7.14. The minimum atomic E-state index is -0.0790. The largest absolute Gasteiger partial charge is 0.351 e. The molecule has 31 heavy (non-hydrogen) atoms. The number of piperazine rings is 1. The predicted octanol–water partition coefficient (Wildman–Crippen LogP) is 2.70. The Kier molecular flexibility index (Phi) is 6.43. The number of rotatable bonds is 6. The summed E-state index contributed by atoms with van der Waals surface area (Å²) in [7, 11) is 0. The van der Waals surface area contributed by atoms with Crippen molar-refractivity contribution in [3.8, 4) is 11.4 Å². The molecule has 1 aliphatic rings. The summed E-state index contributed by atoms with van der Waals surface area (Å²) in [6.45, 7) is 7.34. The molecule has 2 aromatic heterocycles. The third-order valence-electron chi connectivity index (χ3n) is 5.18. The molecule has 0 atom stereocenters. The molecule has 0 saturated carbocycles. The molecule has 1 aromatic carbocycles. The summed E-state index contributed by atoms with van der Waals surface area (Å²) >= 11 is 1.43. The number of carbonyl (C=O) groups excluding carboxylic acids is 2. The fourth-order valence-electron chi connectivity index (χ4n) is 3.39. The van der Waals surface area contributed by atoms with E-state index in [1.165, 1.54) is 23.8 Å². The van der Waals surface area contributed by atoms with Crippen LogP contribution in [0.1, 0.15) is 32.9 Å². The molecule has 0 spiro atoms. The number of hydrogen-bond donors (Lipinski definition) is 1. The number of hydrogen-bond acceptors (Lipinski definition) is 7. The average Bonchev–Trinajstić information content (AvgIpc) is 3.43. The van der Waals surface area contributed by atoms with Gasteiger partial charge in [0, 0.05) is 43.5 Å². The van der Waals surface area contributed by atoms with Crippen LogP contribution in [0.25, 0.3) is 11.4 Å². The molecule has 1 saturated heterocycles. The second kappa shape index (κ2) is 9.40. The van der Waals surface area contributed by atoms with E-state index in [9.17, 15) is 9.59 Å². The molecular formula is C22H25N5O3S. The molecule has 2 amide bonds. The van der Waals surface area contributed by atoms with Gasteiger partial charge in [0.05, 0.1) is 18.0 Å². The number of benzene rings is 1. The van der Waals surface area contributed by atoms with Crippen LogP contribution >= 0.6 is 11.3 Å². The van der Waals surface area contributed by atoms with Crippen molar-refractivity contribution in [3.63, 3.8) is 0 Å². The molecule has 0 unspecified atom stereocenters. The van der Waals surface area contributed by atoms with Crippen LogP contribution < -0.4 is 5.32 Å². The van der Waals surface area contributed by atoms with Gasteiger partial charge in [0.1, 0.15) is 0 Å². The minimum Gasteiger partial charge on any atom is -0.351 e. The van der Waals surface area contributed by atoms with Crippen LogP contribution in [0.4, 0.5) is 0 Å². The molecule has 4 rings (SSSR count). The Morgan fingerprint density at radius 2 is 1.84 bits per heavy atom. The van der Waals surface area contributed by atoms with E-state index in [4.69, 9.17) is 4.52 Å². The first-order chi connectivity index (χ1) is 15.0. The fourth-order valence-corrected chi connectivity index (χ4v) is 4.31. The zero-order valence-corrected chi connectivity index (χ0v) is 18.4. The van der Waals surface area contributed by atoms with Crippen LogP contribution in [-0.2, 0) is 17.9 Å². The Morgan fingerprint density at radius 3 is 2.55 bits per heavy atom. The minimum absolute atomic E-state index is 0.0400. The molecule has 0 bridgehead atoms. The van der Waals surface area contributed by atoms with E-state index in [-0.39, 0.29) is 11.8 Å². The summed E-state index contributed by atoms with van der Waals surface area (Å²) in [5.74, 6) is 1.13. The van der Waals surface area contributed by atoms with Crippen molar-refractivity contribution in [1.82, 2.24) is 25.3 Å². The number of nitrogens with one attached hydrogen (secondary N) is 1. The number of amides is 2. The number of aryl methyl sites for hydroxylation is 1. The number of carbonyl (C=O) groups is 2. The smallest absolute Gasteiger partial charge is 0.264 e. The maximum absolute atomic E-state index is 12.8. The quantitative estimate of drug-likeness (QED) is 0.635. The molecule has 1 aliphatic heterocycles. The lowest BCUT2D eigenvalue weighted by molar-refractivity contribution is -0.119. The van der Waals surface area contributed by atoms with Gasteiger partial charge >= 0.3 is 0 Å². The Morgan fingerprint density at radius 1 is 1.10 bits per heavy atom. The van der Waals surface area contributed by atoms with Crippen LogP contribution in [0.15, 0.2) is 40.9 Å². The van der Waals surface area contributed by atoms with Crippen molar-refractivity contribution < 1.29 is 14.1 Å². The highest BCUT2D eigenvalue weighted by atomic mass is 32.1. The summed E-state index contributed by atoms with van der Waals surface area (Å²) in [6.07, 6.45) is 0. The van der Waals surface area contributed by atoms with Crippen LogP contribution in [0, 0.1) is 6.92 Å². The van der Waals surface area contributed by atoms with Crippen molar-refractivity contribution in [2.45, 2.75) is 26.9 Å². The summed E-state index contributed by atoms with van der Waals surface area (Å²) in [6, 6.07) is 11.8. The Labute approximate surface area is 184 Å². The highest BCUT2D eigenvalue weighted by Gasteiger charge is 2.24. The first kappa shape index (κ1) is 21.2. The van der Waals surface area contributed by atoms with Crippen molar-refractivity contribution in [2.75, 3.05) is 26.2 Å². The molecule has 0 radical (unpaired) electrons. The maximum atomic E-state index is 12.8. The molecule has 3 heterocycles. The summed E-state index contributed by atoms with van der Waals surface area (Å²) in [4.78, 5) is 34.1. The molecule has 3 aromatic rings. The van der Waals surface area contributed by atoms with Gasteiger partial charge in [-0.1, -0.05) is 35.0 Å². The summed E-state index contributed by atoms with van der Waals surface area (Å²) < 4.78 is 5.43. The van der Waals surface area contributed by atoms with Crippen LogP contribution in [-0.4, -0.2) is 57.9 Å². The molecule has 1 N–H and O–H groups in total. The van der Waals surface area contributed by atoms with Crippen LogP contribution in [0.5, 0.6) is 0 Å². The van der Waals surface area contributed by atoms with Gasteiger partial charge in [-0.15, -0.1) is 11.3 Å². The lowest BCUT2D eigenvalue weighted by atomic mass is 10.1. The van der Waals surface area contributed by atoms with Crippen molar-refractivity contribution in [1.29, 1.82) is 0 Å². The van der Waals surface area contributed by atoms with Crippen molar-refractivity contribution >= 4 is 23.2 Å². The number of nitrogens with zero attached hydrogens (tertiary/aromatic N) is 4. The van der Waals surface area contributed by atoms with E-state index < -0.39 is 0 Å². The highest BCUT2D eigenvalue weighted by Crippen LogP contribution is 2.20. The van der Waals surface area contributed by atoms with Gasteiger partial charge in [-0.3, -0.25) is 14.5 Å². The molecular weight excluding hydrogens is 414 g/mol. The van der Waals surface area contributed by atoms with E-state index in [0.717, 1.165) is 23.5 Å². The fraction of sp³-hybridized carbons (Fsp3) is 0.364. The Bertz CT molecular complexity index is 1050. The van der Waals surface area contributed by atoms with E-state index >= 15 is 0 Å². The summed E-state index contributed by atoms with van der Waals surface area (Å²) in [5, 5.41) is 6.85. The van der Waals surface area contributed by atoms with Crippen molar-refractivity contribution in [3.05, 3.63) is 57.6 Å². The molecule has 162 valence electrons. The first-order valence-electron chi connectivity index (χ1n) is 10.2. The van der Waals surface area contributed by atoms with Gasteiger partial charge in [0.15, 0.2) is 0 Å². The zero-order chi connectivity index (χ0) is 21.8. The molecule has 1 fully saturated rings. The topological polar surface area (TPSA) is 91.6 Å². The summed E-state index contributed by atoms with van der Waals surface area (Å²) in [5.41, 5.74) is 2.12. The first-order valence-corrected chi connectivity index (χ1v) is 11.0. The van der Waals surface area contributed by atoms with E-state index in [1.54, 1.807) is 0 Å². The Hall–Kier alpha value is -3.04. The third-order valence-corrected chi connectivity index (χ3v) is 6.25. The van der Waals surface area contributed by atoms with E-state index in [1.807, 2.05) is 48.2 Å².